The zero-order valence-electron chi connectivity index (χ0n) is 13.9. The summed E-state index contributed by atoms with van der Waals surface area (Å²) in [6.45, 7) is 5.49. The topological polar surface area (TPSA) is 53.2 Å². The number of aryl methyl sites for hydroxylation is 1. The summed E-state index contributed by atoms with van der Waals surface area (Å²) in [6.07, 6.45) is 7.68. The van der Waals surface area contributed by atoms with E-state index in [1.54, 1.807) is 6.92 Å². The normalized spacial score (nSPS) is 18.7. The summed E-state index contributed by atoms with van der Waals surface area (Å²) >= 11 is 0. The number of amides is 1. The van der Waals surface area contributed by atoms with Gasteiger partial charge < -0.3 is 9.88 Å². The minimum absolute atomic E-state index is 0.0449. The summed E-state index contributed by atoms with van der Waals surface area (Å²) in [5, 5.41) is 0. The van der Waals surface area contributed by atoms with E-state index in [9.17, 15) is 9.59 Å². The number of ketones is 1. The number of nitrogens with zero attached hydrogens (tertiary/aromatic N) is 1. The average Bonchev–Trinajstić information content (AvgIpc) is 3.03. The molecular formula is C18H26N2O2. The number of Topliss-reactive ketones (excluding diaryl/α,β-unsaturated/α-hetero) is 1. The van der Waals surface area contributed by atoms with Crippen LogP contribution in [-0.2, 0) is 6.42 Å². The van der Waals surface area contributed by atoms with Crippen molar-refractivity contribution >= 4 is 11.7 Å². The first-order chi connectivity index (χ1) is 10.5. The molecule has 1 aromatic rings. The number of hydrogen-bond acceptors (Lipinski definition) is 2. The molecule has 0 saturated heterocycles. The molecule has 1 N–H and O–H groups in total. The second-order valence-corrected chi connectivity index (χ2v) is 6.77. The van der Waals surface area contributed by atoms with Gasteiger partial charge in [0.05, 0.1) is 0 Å². The van der Waals surface area contributed by atoms with Gasteiger partial charge in [-0.05, 0) is 51.5 Å². The molecule has 0 aromatic carbocycles. The van der Waals surface area contributed by atoms with Crippen LogP contribution in [-0.4, -0.2) is 33.7 Å². The Bertz CT molecular complexity index is 592. The first-order valence-electron chi connectivity index (χ1n) is 8.59. The molecule has 1 heterocycles. The Hall–Kier alpha value is -1.58. The minimum atomic E-state index is 0.0449. The van der Waals surface area contributed by atoms with Crippen LogP contribution < -0.4 is 0 Å². The van der Waals surface area contributed by atoms with E-state index in [1.807, 2.05) is 13.8 Å². The highest BCUT2D eigenvalue weighted by Crippen LogP contribution is 2.36. The van der Waals surface area contributed by atoms with Crippen LogP contribution in [0, 0.1) is 6.92 Å². The van der Waals surface area contributed by atoms with Crippen molar-refractivity contribution in [3.8, 4) is 0 Å². The lowest BCUT2D eigenvalue weighted by atomic mass is 10.0. The molecule has 2 aliphatic carbocycles. The van der Waals surface area contributed by atoms with E-state index in [-0.39, 0.29) is 11.7 Å². The molecule has 0 aliphatic heterocycles. The first kappa shape index (κ1) is 15.3. The molecule has 2 saturated carbocycles. The van der Waals surface area contributed by atoms with Crippen LogP contribution in [0.1, 0.15) is 84.5 Å². The van der Waals surface area contributed by atoms with Gasteiger partial charge >= 0.3 is 0 Å². The Morgan fingerprint density at radius 2 is 1.73 bits per heavy atom. The monoisotopic (exact) mass is 302 g/mol. The zero-order chi connectivity index (χ0) is 15.9. The highest BCUT2D eigenvalue weighted by atomic mass is 16.2. The van der Waals surface area contributed by atoms with Crippen molar-refractivity contribution in [2.75, 3.05) is 0 Å². The van der Waals surface area contributed by atoms with Gasteiger partial charge in [-0.25, -0.2) is 0 Å². The first-order valence-corrected chi connectivity index (χ1v) is 8.59. The van der Waals surface area contributed by atoms with Crippen LogP contribution in [0.2, 0.25) is 0 Å². The van der Waals surface area contributed by atoms with Crippen molar-refractivity contribution in [2.24, 2.45) is 0 Å². The quantitative estimate of drug-likeness (QED) is 0.844. The van der Waals surface area contributed by atoms with Crippen LogP contribution in [0.4, 0.5) is 0 Å². The SMILES string of the molecule is CCc1c(C(=O)N(C2CCCC2)C2CC2)[nH]c(C)c1C(C)=O. The van der Waals surface area contributed by atoms with Crippen molar-refractivity contribution in [1.29, 1.82) is 0 Å². The number of aromatic nitrogens is 1. The van der Waals surface area contributed by atoms with Gasteiger partial charge in [0.2, 0.25) is 0 Å². The summed E-state index contributed by atoms with van der Waals surface area (Å²) in [5.74, 6) is 0.158. The van der Waals surface area contributed by atoms with Gasteiger partial charge in [0.15, 0.2) is 5.78 Å². The van der Waals surface area contributed by atoms with Gasteiger partial charge in [0, 0.05) is 23.3 Å². The highest BCUT2D eigenvalue weighted by Gasteiger charge is 2.40. The van der Waals surface area contributed by atoms with Crippen molar-refractivity contribution in [1.82, 2.24) is 9.88 Å². The predicted octanol–water partition coefficient (Wildman–Crippen LogP) is 3.64. The number of carbonyl (C=O) groups is 2. The maximum atomic E-state index is 13.2. The number of aromatic amines is 1. The third kappa shape index (κ3) is 2.59. The summed E-state index contributed by atoms with van der Waals surface area (Å²) in [7, 11) is 0. The molecule has 120 valence electrons. The van der Waals surface area contributed by atoms with Gasteiger partial charge in [0.1, 0.15) is 5.69 Å². The molecule has 0 atom stereocenters. The fourth-order valence-electron chi connectivity index (χ4n) is 3.98. The maximum Gasteiger partial charge on any atom is 0.271 e. The van der Waals surface area contributed by atoms with E-state index in [0.717, 1.165) is 36.9 Å². The molecule has 4 heteroatoms. The number of H-pyrrole nitrogens is 1. The van der Waals surface area contributed by atoms with Gasteiger partial charge in [-0.2, -0.15) is 0 Å². The Morgan fingerprint density at radius 1 is 1.14 bits per heavy atom. The van der Waals surface area contributed by atoms with Crippen LogP contribution in [0.3, 0.4) is 0 Å². The number of nitrogens with one attached hydrogen (secondary N) is 1. The fraction of sp³-hybridized carbons (Fsp3) is 0.667. The van der Waals surface area contributed by atoms with E-state index in [1.165, 1.54) is 12.8 Å². The van der Waals surface area contributed by atoms with Crippen molar-refractivity contribution in [3.05, 3.63) is 22.5 Å². The summed E-state index contributed by atoms with van der Waals surface area (Å²) in [5.41, 5.74) is 3.10. The molecule has 1 aromatic heterocycles. The molecule has 0 unspecified atom stereocenters. The van der Waals surface area contributed by atoms with Crippen LogP contribution in [0.15, 0.2) is 0 Å². The molecule has 0 bridgehead atoms. The summed E-state index contributed by atoms with van der Waals surface area (Å²) < 4.78 is 0. The number of carbonyl (C=O) groups excluding carboxylic acids is 2. The van der Waals surface area contributed by atoms with Crippen molar-refractivity contribution in [3.63, 3.8) is 0 Å². The summed E-state index contributed by atoms with van der Waals surface area (Å²) in [4.78, 5) is 30.4. The van der Waals surface area contributed by atoms with Gasteiger partial charge in [0.25, 0.3) is 5.91 Å². The lowest BCUT2D eigenvalue weighted by Gasteiger charge is -2.29. The zero-order valence-corrected chi connectivity index (χ0v) is 13.9. The average molecular weight is 302 g/mol. The van der Waals surface area contributed by atoms with E-state index >= 15 is 0 Å². The van der Waals surface area contributed by atoms with Crippen LogP contribution >= 0.6 is 0 Å². The van der Waals surface area contributed by atoms with Gasteiger partial charge in [-0.1, -0.05) is 19.8 Å². The summed E-state index contributed by atoms with van der Waals surface area (Å²) in [6, 6.07) is 0.818. The van der Waals surface area contributed by atoms with E-state index in [2.05, 4.69) is 9.88 Å². The van der Waals surface area contributed by atoms with Gasteiger partial charge in [-0.3, -0.25) is 9.59 Å². The molecule has 22 heavy (non-hydrogen) atoms. The van der Waals surface area contributed by atoms with Crippen molar-refractivity contribution < 1.29 is 9.59 Å². The Balaban J connectivity index is 1.96. The largest absolute Gasteiger partial charge is 0.354 e. The third-order valence-electron chi connectivity index (χ3n) is 5.10. The van der Waals surface area contributed by atoms with Crippen LogP contribution in [0.25, 0.3) is 0 Å². The fourth-order valence-corrected chi connectivity index (χ4v) is 3.98. The Morgan fingerprint density at radius 3 is 2.23 bits per heavy atom. The molecular weight excluding hydrogens is 276 g/mol. The molecule has 1 amide bonds. The third-order valence-corrected chi connectivity index (χ3v) is 5.10. The minimum Gasteiger partial charge on any atom is -0.354 e. The number of hydrogen-bond donors (Lipinski definition) is 1. The Kier molecular flexibility index (Phi) is 4.11. The van der Waals surface area contributed by atoms with E-state index in [0.29, 0.717) is 29.8 Å². The maximum absolute atomic E-state index is 13.2. The lowest BCUT2D eigenvalue weighted by molar-refractivity contribution is 0.0657. The molecule has 2 fully saturated rings. The second-order valence-electron chi connectivity index (χ2n) is 6.77. The number of rotatable bonds is 5. The molecule has 0 radical (unpaired) electrons. The van der Waals surface area contributed by atoms with E-state index in [4.69, 9.17) is 0 Å². The molecule has 3 rings (SSSR count). The van der Waals surface area contributed by atoms with Gasteiger partial charge in [-0.15, -0.1) is 0 Å². The van der Waals surface area contributed by atoms with E-state index < -0.39 is 0 Å². The second kappa shape index (κ2) is 5.90. The molecule has 0 spiro atoms. The standard InChI is InChI=1S/C18H26N2O2/c1-4-15-16(12(3)21)11(2)19-17(15)18(22)20(14-9-10-14)13-7-5-6-8-13/h13-14,19H,4-10H2,1-3H3. The predicted molar refractivity (Wildman–Crippen MR) is 86.4 cm³/mol. The Labute approximate surface area is 132 Å². The highest BCUT2D eigenvalue weighted by molar-refractivity contribution is 6.03. The van der Waals surface area contributed by atoms with Crippen LogP contribution in [0.5, 0.6) is 0 Å². The van der Waals surface area contributed by atoms with Crippen molar-refractivity contribution in [2.45, 2.75) is 77.8 Å². The molecule has 2 aliphatic rings. The smallest absolute Gasteiger partial charge is 0.271 e. The lowest BCUT2D eigenvalue weighted by Crippen LogP contribution is -2.41. The molecule has 4 nitrogen and oxygen atoms in total.